The third-order valence-electron chi connectivity index (χ3n) is 4.02. The van der Waals surface area contributed by atoms with Gasteiger partial charge in [-0.3, -0.25) is 0 Å². The maximum atomic E-state index is 3.47. The molecule has 1 nitrogen and oxygen atoms in total. The minimum atomic E-state index is 0.589. The summed E-state index contributed by atoms with van der Waals surface area (Å²) in [5, 5.41) is 3.47. The van der Waals surface area contributed by atoms with Crippen molar-refractivity contribution in [1.29, 1.82) is 0 Å². The van der Waals surface area contributed by atoms with Crippen molar-refractivity contribution in [2.24, 2.45) is 0 Å². The predicted molar refractivity (Wildman–Crippen MR) is 79.1 cm³/mol. The lowest BCUT2D eigenvalue weighted by molar-refractivity contribution is 0.443. The highest BCUT2D eigenvalue weighted by Gasteiger charge is 2.14. The summed E-state index contributed by atoms with van der Waals surface area (Å²) in [6.07, 6.45) is 8.22. The van der Waals surface area contributed by atoms with Gasteiger partial charge in [-0.25, -0.2) is 0 Å². The molecule has 1 aliphatic rings. The van der Waals surface area contributed by atoms with E-state index in [1.165, 1.54) is 37.7 Å². The number of benzene rings is 1. The van der Waals surface area contributed by atoms with Crippen LogP contribution in [0.15, 0.2) is 24.3 Å². The summed E-state index contributed by atoms with van der Waals surface area (Å²) in [4.78, 5) is 0. The SMILES string of the molecule is CC(C)NCCc1ccc(C2CCCCC2)cc1. The first-order chi connectivity index (χ1) is 8.75. The van der Waals surface area contributed by atoms with E-state index < -0.39 is 0 Å². The van der Waals surface area contributed by atoms with E-state index in [4.69, 9.17) is 0 Å². The predicted octanol–water partition coefficient (Wildman–Crippen LogP) is 4.27. The molecule has 0 spiro atoms. The van der Waals surface area contributed by atoms with Crippen LogP contribution in [0.1, 0.15) is 63.0 Å². The molecule has 18 heavy (non-hydrogen) atoms. The Hall–Kier alpha value is -0.820. The maximum Gasteiger partial charge on any atom is 0.00105 e. The molecule has 0 unspecified atom stereocenters. The second-order valence-electron chi connectivity index (χ2n) is 5.94. The second-order valence-corrected chi connectivity index (χ2v) is 5.94. The van der Waals surface area contributed by atoms with E-state index in [-0.39, 0.29) is 0 Å². The van der Waals surface area contributed by atoms with Crippen molar-refractivity contribution in [3.63, 3.8) is 0 Å². The first-order valence-corrected chi connectivity index (χ1v) is 7.58. The topological polar surface area (TPSA) is 12.0 Å². The molecule has 0 heterocycles. The fraction of sp³-hybridized carbons (Fsp3) is 0.647. The van der Waals surface area contributed by atoms with Gasteiger partial charge < -0.3 is 5.32 Å². The zero-order chi connectivity index (χ0) is 12.8. The molecule has 1 aliphatic carbocycles. The third-order valence-corrected chi connectivity index (χ3v) is 4.02. The molecular weight excluding hydrogens is 218 g/mol. The molecule has 1 saturated carbocycles. The highest BCUT2D eigenvalue weighted by atomic mass is 14.9. The fourth-order valence-electron chi connectivity index (χ4n) is 2.90. The van der Waals surface area contributed by atoms with Crippen LogP contribution in [0.4, 0.5) is 0 Å². The van der Waals surface area contributed by atoms with Crippen LogP contribution in [0.5, 0.6) is 0 Å². The molecule has 1 aromatic carbocycles. The summed E-state index contributed by atoms with van der Waals surface area (Å²) in [6, 6.07) is 9.96. The van der Waals surface area contributed by atoms with Gasteiger partial charge in [-0.05, 0) is 42.9 Å². The molecule has 0 saturated heterocycles. The monoisotopic (exact) mass is 245 g/mol. The minimum Gasteiger partial charge on any atom is -0.314 e. The van der Waals surface area contributed by atoms with E-state index >= 15 is 0 Å². The Kier molecular flexibility index (Phi) is 5.25. The van der Waals surface area contributed by atoms with E-state index in [1.807, 2.05) is 0 Å². The van der Waals surface area contributed by atoms with Crippen molar-refractivity contribution in [2.75, 3.05) is 6.54 Å². The van der Waals surface area contributed by atoms with Crippen LogP contribution in [0.3, 0.4) is 0 Å². The minimum absolute atomic E-state index is 0.589. The van der Waals surface area contributed by atoms with Crippen molar-refractivity contribution < 1.29 is 0 Å². The fourth-order valence-corrected chi connectivity index (χ4v) is 2.90. The van der Waals surface area contributed by atoms with Gasteiger partial charge in [-0.2, -0.15) is 0 Å². The van der Waals surface area contributed by atoms with Gasteiger partial charge in [0.1, 0.15) is 0 Å². The molecular formula is C17H27N. The Bertz CT molecular complexity index is 333. The molecule has 0 aliphatic heterocycles. The van der Waals surface area contributed by atoms with Crippen LogP contribution in [-0.2, 0) is 6.42 Å². The van der Waals surface area contributed by atoms with Crippen molar-refractivity contribution >= 4 is 0 Å². The molecule has 0 radical (unpaired) electrons. The van der Waals surface area contributed by atoms with Crippen molar-refractivity contribution in [1.82, 2.24) is 5.32 Å². The molecule has 0 bridgehead atoms. The van der Waals surface area contributed by atoms with Gasteiger partial charge in [0.15, 0.2) is 0 Å². The average Bonchev–Trinajstić information content (AvgIpc) is 2.40. The molecule has 100 valence electrons. The van der Waals surface area contributed by atoms with E-state index in [2.05, 4.69) is 43.4 Å². The van der Waals surface area contributed by atoms with Crippen LogP contribution in [0, 0.1) is 0 Å². The van der Waals surface area contributed by atoms with Crippen LogP contribution in [0.25, 0.3) is 0 Å². The summed E-state index contributed by atoms with van der Waals surface area (Å²) in [6.45, 7) is 5.48. The largest absolute Gasteiger partial charge is 0.314 e. The highest BCUT2D eigenvalue weighted by Crippen LogP contribution is 2.32. The van der Waals surface area contributed by atoms with Gasteiger partial charge in [0, 0.05) is 6.04 Å². The van der Waals surface area contributed by atoms with Crippen molar-refractivity contribution in [3.8, 4) is 0 Å². The van der Waals surface area contributed by atoms with Crippen LogP contribution >= 0.6 is 0 Å². The van der Waals surface area contributed by atoms with E-state index in [0.717, 1.165) is 18.9 Å². The quantitative estimate of drug-likeness (QED) is 0.816. The number of nitrogens with one attached hydrogen (secondary N) is 1. The Morgan fingerprint density at radius 3 is 2.33 bits per heavy atom. The Labute approximate surface area is 112 Å². The number of rotatable bonds is 5. The van der Waals surface area contributed by atoms with Gasteiger partial charge >= 0.3 is 0 Å². The summed E-state index contributed by atoms with van der Waals surface area (Å²) in [5.41, 5.74) is 3.03. The first-order valence-electron chi connectivity index (χ1n) is 7.58. The lowest BCUT2D eigenvalue weighted by Crippen LogP contribution is -2.24. The lowest BCUT2D eigenvalue weighted by atomic mass is 9.84. The van der Waals surface area contributed by atoms with Crippen LogP contribution < -0.4 is 5.32 Å². The smallest absolute Gasteiger partial charge is 0.00105 e. The molecule has 1 heteroatoms. The van der Waals surface area contributed by atoms with Gasteiger partial charge in [0.2, 0.25) is 0 Å². The normalized spacial score (nSPS) is 17.3. The summed E-state index contributed by atoms with van der Waals surface area (Å²) >= 11 is 0. The zero-order valence-electron chi connectivity index (χ0n) is 11.9. The molecule has 2 rings (SSSR count). The standard InChI is InChI=1S/C17H27N/c1-14(2)18-13-12-15-8-10-17(11-9-15)16-6-4-3-5-7-16/h8-11,14,16,18H,3-7,12-13H2,1-2H3. The van der Waals surface area contributed by atoms with Crippen molar-refractivity contribution in [2.45, 2.75) is 64.3 Å². The van der Waals surface area contributed by atoms with E-state index in [1.54, 1.807) is 5.56 Å². The van der Waals surface area contributed by atoms with E-state index in [9.17, 15) is 0 Å². The maximum absolute atomic E-state index is 3.47. The number of hydrogen-bond donors (Lipinski definition) is 1. The summed E-state index contributed by atoms with van der Waals surface area (Å²) in [7, 11) is 0. The van der Waals surface area contributed by atoms with Crippen LogP contribution in [-0.4, -0.2) is 12.6 Å². The lowest BCUT2D eigenvalue weighted by Gasteiger charge is -2.22. The Morgan fingerprint density at radius 2 is 1.72 bits per heavy atom. The Balaban J connectivity index is 1.84. The first kappa shape index (κ1) is 13.6. The van der Waals surface area contributed by atoms with Gasteiger partial charge in [-0.15, -0.1) is 0 Å². The van der Waals surface area contributed by atoms with E-state index in [0.29, 0.717) is 6.04 Å². The summed E-state index contributed by atoms with van der Waals surface area (Å²) in [5.74, 6) is 0.835. The average molecular weight is 245 g/mol. The third kappa shape index (κ3) is 4.13. The highest BCUT2D eigenvalue weighted by molar-refractivity contribution is 5.26. The number of hydrogen-bond acceptors (Lipinski definition) is 1. The zero-order valence-corrected chi connectivity index (χ0v) is 11.9. The molecule has 1 fully saturated rings. The van der Waals surface area contributed by atoms with Gasteiger partial charge in [0.05, 0.1) is 0 Å². The molecule has 0 atom stereocenters. The van der Waals surface area contributed by atoms with Gasteiger partial charge in [-0.1, -0.05) is 57.4 Å². The second kappa shape index (κ2) is 6.94. The molecule has 0 amide bonds. The van der Waals surface area contributed by atoms with Crippen molar-refractivity contribution in [3.05, 3.63) is 35.4 Å². The summed E-state index contributed by atoms with van der Waals surface area (Å²) < 4.78 is 0. The molecule has 1 N–H and O–H groups in total. The molecule has 1 aromatic rings. The van der Waals surface area contributed by atoms with Gasteiger partial charge in [0.25, 0.3) is 0 Å². The Morgan fingerprint density at radius 1 is 1.06 bits per heavy atom. The molecule has 0 aromatic heterocycles. The van der Waals surface area contributed by atoms with Crippen LogP contribution in [0.2, 0.25) is 0 Å².